The Kier molecular flexibility index (Phi) is 3.66. The van der Waals surface area contributed by atoms with Crippen molar-refractivity contribution in [3.63, 3.8) is 0 Å². The topological polar surface area (TPSA) is 88.6 Å². The van der Waals surface area contributed by atoms with Gasteiger partial charge in [0.2, 0.25) is 5.91 Å². The summed E-state index contributed by atoms with van der Waals surface area (Å²) in [6, 6.07) is 2.86. The summed E-state index contributed by atoms with van der Waals surface area (Å²) in [7, 11) is 0. The third-order valence-corrected chi connectivity index (χ3v) is 3.05. The average Bonchev–Trinajstić information content (AvgIpc) is 2.86. The van der Waals surface area contributed by atoms with Crippen molar-refractivity contribution in [2.24, 2.45) is 5.73 Å². The van der Waals surface area contributed by atoms with E-state index in [9.17, 15) is 9.59 Å². The minimum Gasteiger partial charge on any atom is -0.455 e. The van der Waals surface area contributed by atoms with Gasteiger partial charge >= 0.3 is 0 Å². The average molecular weight is 251 g/mol. The van der Waals surface area contributed by atoms with E-state index in [1.54, 1.807) is 17.0 Å². The molecule has 0 unspecified atom stereocenters. The van der Waals surface area contributed by atoms with Crippen LogP contribution in [0.2, 0.25) is 0 Å². The highest BCUT2D eigenvalue weighted by Crippen LogP contribution is 2.15. The molecule has 1 aliphatic rings. The van der Waals surface area contributed by atoms with E-state index in [1.807, 2.05) is 6.92 Å². The van der Waals surface area contributed by atoms with Gasteiger partial charge < -0.3 is 20.4 Å². The second kappa shape index (κ2) is 5.22. The lowest BCUT2D eigenvalue weighted by molar-refractivity contribution is -0.127. The van der Waals surface area contributed by atoms with E-state index in [4.69, 9.17) is 10.2 Å². The number of hydrogen-bond acceptors (Lipinski definition) is 4. The maximum Gasteiger partial charge on any atom is 0.290 e. The van der Waals surface area contributed by atoms with Crippen molar-refractivity contribution in [2.45, 2.75) is 25.9 Å². The molecular weight excluding hydrogens is 234 g/mol. The molecule has 0 bridgehead atoms. The lowest BCUT2D eigenvalue weighted by Gasteiger charge is -2.33. The van der Waals surface area contributed by atoms with E-state index >= 15 is 0 Å². The molecule has 0 aromatic carbocycles. The van der Waals surface area contributed by atoms with Crippen LogP contribution in [-0.4, -0.2) is 35.8 Å². The van der Waals surface area contributed by atoms with E-state index in [-0.39, 0.29) is 24.1 Å². The lowest BCUT2D eigenvalue weighted by atomic mass is 10.1. The summed E-state index contributed by atoms with van der Waals surface area (Å²) in [5, 5.41) is 2.75. The maximum absolute atomic E-state index is 12.3. The first-order valence-corrected chi connectivity index (χ1v) is 6.04. The molecular formula is C12H17N3O3. The van der Waals surface area contributed by atoms with Crippen LogP contribution >= 0.6 is 0 Å². The first kappa shape index (κ1) is 12.6. The molecule has 18 heavy (non-hydrogen) atoms. The summed E-state index contributed by atoms with van der Waals surface area (Å²) in [5.74, 6) is 0.440. The number of nitrogens with zero attached hydrogens (tertiary/aromatic N) is 1. The molecule has 0 aliphatic carbocycles. The number of amides is 2. The summed E-state index contributed by atoms with van der Waals surface area (Å²) in [6.45, 7) is 3.11. The van der Waals surface area contributed by atoms with Crippen LogP contribution in [-0.2, 0) is 11.3 Å². The summed E-state index contributed by atoms with van der Waals surface area (Å²) in [5.41, 5.74) is 5.43. The van der Waals surface area contributed by atoms with E-state index in [0.717, 1.165) is 0 Å². The summed E-state index contributed by atoms with van der Waals surface area (Å²) < 4.78 is 5.33. The zero-order valence-electron chi connectivity index (χ0n) is 10.3. The summed E-state index contributed by atoms with van der Waals surface area (Å²) >= 11 is 0. The molecule has 1 saturated heterocycles. The highest BCUT2D eigenvalue weighted by atomic mass is 16.4. The molecule has 1 fully saturated rings. The van der Waals surface area contributed by atoms with E-state index in [2.05, 4.69) is 5.32 Å². The predicted molar refractivity (Wildman–Crippen MR) is 64.7 cm³/mol. The van der Waals surface area contributed by atoms with Gasteiger partial charge in [-0.2, -0.15) is 0 Å². The number of furan rings is 1. The second-order valence-corrected chi connectivity index (χ2v) is 4.18. The van der Waals surface area contributed by atoms with Crippen molar-refractivity contribution in [1.29, 1.82) is 0 Å². The van der Waals surface area contributed by atoms with Gasteiger partial charge in [-0.1, -0.05) is 6.92 Å². The van der Waals surface area contributed by atoms with Gasteiger partial charge in [-0.25, -0.2) is 0 Å². The number of rotatable bonds is 3. The van der Waals surface area contributed by atoms with Gasteiger partial charge in [0.25, 0.3) is 5.91 Å². The number of carbonyl (C=O) groups is 2. The summed E-state index contributed by atoms with van der Waals surface area (Å²) in [4.78, 5) is 25.5. The van der Waals surface area contributed by atoms with Gasteiger partial charge in [0, 0.05) is 13.1 Å². The van der Waals surface area contributed by atoms with Gasteiger partial charge in [-0.3, -0.25) is 9.59 Å². The largest absolute Gasteiger partial charge is 0.455 e. The van der Waals surface area contributed by atoms with Crippen LogP contribution in [0.4, 0.5) is 0 Å². The molecule has 0 saturated carbocycles. The highest BCUT2D eigenvalue weighted by molar-refractivity contribution is 5.96. The van der Waals surface area contributed by atoms with Crippen LogP contribution in [0.15, 0.2) is 16.5 Å². The predicted octanol–water partition coefficient (Wildman–Crippen LogP) is 0.0889. The third-order valence-electron chi connectivity index (χ3n) is 3.05. The van der Waals surface area contributed by atoms with Crippen LogP contribution in [0.5, 0.6) is 0 Å². The van der Waals surface area contributed by atoms with Crippen LogP contribution in [0, 0.1) is 0 Å². The quantitative estimate of drug-likeness (QED) is 0.796. The zero-order chi connectivity index (χ0) is 13.1. The van der Waals surface area contributed by atoms with E-state index in [0.29, 0.717) is 25.3 Å². The Morgan fingerprint density at radius 3 is 3.00 bits per heavy atom. The number of carbonyl (C=O) groups excluding carboxylic acids is 2. The Morgan fingerprint density at radius 1 is 1.61 bits per heavy atom. The van der Waals surface area contributed by atoms with Crippen molar-refractivity contribution in [1.82, 2.24) is 10.2 Å². The molecule has 2 amide bonds. The molecule has 3 N–H and O–H groups in total. The van der Waals surface area contributed by atoms with Crippen LogP contribution in [0.25, 0.3) is 0 Å². The van der Waals surface area contributed by atoms with Crippen molar-refractivity contribution in [2.75, 3.05) is 13.1 Å². The fraction of sp³-hybridized carbons (Fsp3) is 0.500. The Bertz CT molecular complexity index is 455. The van der Waals surface area contributed by atoms with Gasteiger partial charge in [0.1, 0.15) is 11.8 Å². The first-order chi connectivity index (χ1) is 8.67. The minimum absolute atomic E-state index is 0.109. The number of nitrogens with two attached hydrogens (primary N) is 1. The Hall–Kier alpha value is -1.82. The van der Waals surface area contributed by atoms with Gasteiger partial charge in [0.15, 0.2) is 5.76 Å². The molecule has 6 heteroatoms. The fourth-order valence-electron chi connectivity index (χ4n) is 2.11. The van der Waals surface area contributed by atoms with Crippen molar-refractivity contribution < 1.29 is 14.0 Å². The molecule has 2 rings (SSSR count). The monoisotopic (exact) mass is 251 g/mol. The molecule has 0 spiro atoms. The number of hydrogen-bond donors (Lipinski definition) is 2. The smallest absolute Gasteiger partial charge is 0.290 e. The number of nitrogens with one attached hydrogen (secondary N) is 1. The molecule has 1 aromatic heterocycles. The normalized spacial score (nSPS) is 19.8. The van der Waals surface area contributed by atoms with E-state index < -0.39 is 6.04 Å². The SMILES string of the molecule is CC[C@H]1C(=O)NCCN1C(=O)c1ccc(CN)o1. The maximum atomic E-state index is 12.3. The molecule has 1 aliphatic heterocycles. The van der Waals surface area contributed by atoms with Gasteiger partial charge in [-0.05, 0) is 18.6 Å². The summed E-state index contributed by atoms with van der Waals surface area (Å²) in [6.07, 6.45) is 0.585. The lowest BCUT2D eigenvalue weighted by Crippen LogP contribution is -2.56. The van der Waals surface area contributed by atoms with E-state index in [1.165, 1.54) is 0 Å². The number of piperazine rings is 1. The van der Waals surface area contributed by atoms with Crippen LogP contribution in [0.1, 0.15) is 29.7 Å². The Labute approximate surface area is 105 Å². The van der Waals surface area contributed by atoms with Crippen molar-refractivity contribution in [3.8, 4) is 0 Å². The zero-order valence-corrected chi connectivity index (χ0v) is 10.3. The molecule has 1 atom stereocenters. The van der Waals surface area contributed by atoms with Crippen molar-refractivity contribution in [3.05, 3.63) is 23.7 Å². The third kappa shape index (κ3) is 2.24. The van der Waals surface area contributed by atoms with Crippen LogP contribution < -0.4 is 11.1 Å². The minimum atomic E-state index is -0.419. The molecule has 2 heterocycles. The van der Waals surface area contributed by atoms with Crippen molar-refractivity contribution >= 4 is 11.8 Å². The fourth-order valence-corrected chi connectivity index (χ4v) is 2.11. The standard InChI is InChI=1S/C12H17N3O3/c1-2-9-11(16)14-5-6-15(9)12(17)10-4-3-8(7-13)18-10/h3-4,9H,2,5-7,13H2,1H3,(H,14,16)/t9-/m0/s1. The van der Waals surface area contributed by atoms with Gasteiger partial charge in [0.05, 0.1) is 6.54 Å². The molecule has 98 valence electrons. The highest BCUT2D eigenvalue weighted by Gasteiger charge is 2.33. The molecule has 6 nitrogen and oxygen atoms in total. The molecule has 0 radical (unpaired) electrons. The molecule has 1 aromatic rings. The van der Waals surface area contributed by atoms with Gasteiger partial charge in [-0.15, -0.1) is 0 Å². The first-order valence-electron chi connectivity index (χ1n) is 6.04. The Morgan fingerprint density at radius 2 is 2.39 bits per heavy atom. The van der Waals surface area contributed by atoms with Crippen LogP contribution in [0.3, 0.4) is 0 Å². The Balaban J connectivity index is 2.18. The second-order valence-electron chi connectivity index (χ2n) is 4.18.